The fourth-order valence-electron chi connectivity index (χ4n) is 3.11. The molecule has 0 unspecified atom stereocenters. The van der Waals surface area contributed by atoms with Crippen molar-refractivity contribution in [1.82, 2.24) is 9.97 Å². The normalized spacial score (nSPS) is 15.0. The van der Waals surface area contributed by atoms with E-state index in [1.54, 1.807) is 0 Å². The number of nitrogens with one attached hydrogen (secondary N) is 1. The average molecular weight is 337 g/mol. The van der Waals surface area contributed by atoms with Gasteiger partial charge in [-0.2, -0.15) is 5.26 Å². The lowest BCUT2D eigenvalue weighted by molar-refractivity contribution is 0.145. The topological polar surface area (TPSA) is 85.1 Å². The molecule has 0 amide bonds. The molecule has 1 aliphatic heterocycles. The molecule has 0 spiro atoms. The second-order valence-electron chi connectivity index (χ2n) is 6.33. The van der Waals surface area contributed by atoms with Gasteiger partial charge in [0.05, 0.1) is 17.4 Å². The van der Waals surface area contributed by atoms with Crippen LogP contribution in [-0.2, 0) is 6.42 Å². The van der Waals surface area contributed by atoms with Crippen molar-refractivity contribution in [2.75, 3.05) is 23.3 Å². The first-order valence-electron chi connectivity index (χ1n) is 8.67. The Morgan fingerprint density at radius 1 is 1.28 bits per heavy atom. The van der Waals surface area contributed by atoms with Crippen LogP contribution in [0.3, 0.4) is 0 Å². The molecule has 2 N–H and O–H groups in total. The molecule has 0 bridgehead atoms. The number of nitrogens with zero attached hydrogens (tertiary/aromatic N) is 4. The van der Waals surface area contributed by atoms with Crippen LogP contribution in [0.25, 0.3) is 0 Å². The van der Waals surface area contributed by atoms with E-state index in [2.05, 4.69) is 33.2 Å². The van der Waals surface area contributed by atoms with Crippen molar-refractivity contribution < 1.29 is 5.11 Å². The highest BCUT2D eigenvalue weighted by Gasteiger charge is 2.19. The van der Waals surface area contributed by atoms with E-state index >= 15 is 0 Å². The Bertz CT molecular complexity index is 791. The monoisotopic (exact) mass is 337 g/mol. The van der Waals surface area contributed by atoms with E-state index in [-0.39, 0.29) is 6.10 Å². The van der Waals surface area contributed by atoms with Gasteiger partial charge in [-0.15, -0.1) is 0 Å². The predicted molar refractivity (Wildman–Crippen MR) is 98.0 cm³/mol. The number of benzene rings is 1. The highest BCUT2D eigenvalue weighted by atomic mass is 16.3. The minimum atomic E-state index is -0.225. The number of hydrogen-bond donors (Lipinski definition) is 2. The average Bonchev–Trinajstić information content (AvgIpc) is 2.62. The summed E-state index contributed by atoms with van der Waals surface area (Å²) in [6.07, 6.45) is 2.10. The maximum atomic E-state index is 9.66. The van der Waals surface area contributed by atoms with E-state index in [9.17, 15) is 10.4 Å². The lowest BCUT2D eigenvalue weighted by Crippen LogP contribution is -2.36. The van der Waals surface area contributed by atoms with Crippen LogP contribution in [0, 0.1) is 18.3 Å². The molecule has 1 fully saturated rings. The largest absolute Gasteiger partial charge is 0.393 e. The smallest absolute Gasteiger partial charge is 0.134 e. The van der Waals surface area contributed by atoms with E-state index in [4.69, 9.17) is 0 Å². The van der Waals surface area contributed by atoms with E-state index < -0.39 is 0 Å². The molecule has 6 nitrogen and oxygen atoms in total. The Balaban J connectivity index is 1.82. The van der Waals surface area contributed by atoms with Gasteiger partial charge in [0, 0.05) is 30.5 Å². The first-order valence-corrected chi connectivity index (χ1v) is 8.67. The molecule has 1 aromatic heterocycles. The number of nitriles is 1. The Morgan fingerprint density at radius 2 is 2.04 bits per heavy atom. The highest BCUT2D eigenvalue weighted by molar-refractivity contribution is 5.68. The molecular weight excluding hydrogens is 314 g/mol. The fourth-order valence-corrected chi connectivity index (χ4v) is 3.11. The van der Waals surface area contributed by atoms with Crippen LogP contribution < -0.4 is 10.2 Å². The number of aliphatic hydroxyl groups excluding tert-OH is 1. The van der Waals surface area contributed by atoms with Crippen molar-refractivity contribution in [3.63, 3.8) is 0 Å². The maximum absolute atomic E-state index is 9.66. The Morgan fingerprint density at radius 3 is 2.72 bits per heavy atom. The highest BCUT2D eigenvalue weighted by Crippen LogP contribution is 2.28. The molecule has 1 aromatic carbocycles. The zero-order chi connectivity index (χ0) is 17.8. The second-order valence-corrected chi connectivity index (χ2v) is 6.33. The van der Waals surface area contributed by atoms with Gasteiger partial charge in [-0.05, 0) is 44.4 Å². The zero-order valence-electron chi connectivity index (χ0n) is 14.7. The van der Waals surface area contributed by atoms with Crippen molar-refractivity contribution in [3.8, 4) is 6.07 Å². The number of aliphatic hydroxyl groups is 1. The minimum absolute atomic E-state index is 0.225. The van der Waals surface area contributed by atoms with Gasteiger partial charge in [-0.3, -0.25) is 0 Å². The molecule has 2 heterocycles. The first kappa shape index (κ1) is 17.2. The summed E-state index contributed by atoms with van der Waals surface area (Å²) in [5.41, 5.74) is 3.37. The van der Waals surface area contributed by atoms with E-state index in [0.29, 0.717) is 5.56 Å². The summed E-state index contributed by atoms with van der Waals surface area (Å²) in [6.45, 7) is 5.48. The lowest BCUT2D eigenvalue weighted by Gasteiger charge is -2.32. The van der Waals surface area contributed by atoms with Gasteiger partial charge in [-0.25, -0.2) is 9.97 Å². The third-order valence-electron chi connectivity index (χ3n) is 4.45. The third kappa shape index (κ3) is 4.06. The van der Waals surface area contributed by atoms with Gasteiger partial charge >= 0.3 is 0 Å². The van der Waals surface area contributed by atoms with Crippen molar-refractivity contribution in [2.45, 2.75) is 39.2 Å². The molecule has 130 valence electrons. The van der Waals surface area contributed by atoms with Crippen LogP contribution in [0.15, 0.2) is 24.3 Å². The molecule has 0 atom stereocenters. The molecule has 0 radical (unpaired) electrons. The van der Waals surface area contributed by atoms with Crippen molar-refractivity contribution in [1.29, 1.82) is 5.26 Å². The van der Waals surface area contributed by atoms with Crippen LogP contribution in [-0.4, -0.2) is 34.3 Å². The maximum Gasteiger partial charge on any atom is 0.134 e. The summed E-state index contributed by atoms with van der Waals surface area (Å²) in [5.74, 6) is 1.47. The quantitative estimate of drug-likeness (QED) is 0.892. The predicted octanol–water partition coefficient (Wildman–Crippen LogP) is 2.92. The van der Waals surface area contributed by atoms with Gasteiger partial charge in [0.25, 0.3) is 0 Å². The van der Waals surface area contributed by atoms with Gasteiger partial charge in [0.1, 0.15) is 17.7 Å². The number of anilines is 3. The SMILES string of the molecule is CCc1cc(Nc2ccc(N3CCC(O)CC3)c(C#N)c2)nc(C)n1. The molecule has 1 aliphatic rings. The molecule has 3 rings (SSSR count). The summed E-state index contributed by atoms with van der Waals surface area (Å²) in [7, 11) is 0. The van der Waals surface area contributed by atoms with Crippen LogP contribution in [0.5, 0.6) is 0 Å². The Kier molecular flexibility index (Phi) is 5.15. The second kappa shape index (κ2) is 7.49. The number of aryl methyl sites for hydroxylation is 2. The molecular formula is C19H23N5O. The third-order valence-corrected chi connectivity index (χ3v) is 4.45. The fraction of sp³-hybridized carbons (Fsp3) is 0.421. The molecule has 2 aromatic rings. The molecule has 25 heavy (non-hydrogen) atoms. The molecule has 0 aliphatic carbocycles. The van der Waals surface area contributed by atoms with E-state index in [1.807, 2.05) is 31.2 Å². The van der Waals surface area contributed by atoms with Gasteiger partial charge < -0.3 is 15.3 Å². The van der Waals surface area contributed by atoms with Gasteiger partial charge in [0.15, 0.2) is 0 Å². The summed E-state index contributed by atoms with van der Waals surface area (Å²) >= 11 is 0. The van der Waals surface area contributed by atoms with Crippen LogP contribution >= 0.6 is 0 Å². The van der Waals surface area contributed by atoms with Gasteiger partial charge in [-0.1, -0.05) is 6.92 Å². The number of aromatic nitrogens is 2. The molecule has 0 saturated carbocycles. The Hall–Kier alpha value is -2.65. The Labute approximate surface area is 148 Å². The van der Waals surface area contributed by atoms with Crippen LogP contribution in [0.4, 0.5) is 17.2 Å². The van der Waals surface area contributed by atoms with Crippen LogP contribution in [0.2, 0.25) is 0 Å². The standard InChI is InChI=1S/C19H23N5O/c1-3-15-11-19(22-13(2)21-15)23-16-4-5-18(14(10-16)12-20)24-8-6-17(25)7-9-24/h4-5,10-11,17,25H,3,6-9H2,1-2H3,(H,21,22,23). The number of piperidine rings is 1. The molecule has 1 saturated heterocycles. The summed E-state index contributed by atoms with van der Waals surface area (Å²) in [5, 5.41) is 22.5. The summed E-state index contributed by atoms with van der Waals surface area (Å²) in [4.78, 5) is 11.0. The van der Waals surface area contributed by atoms with Crippen molar-refractivity contribution in [3.05, 3.63) is 41.3 Å². The summed E-state index contributed by atoms with van der Waals surface area (Å²) in [6, 6.07) is 10.00. The number of rotatable bonds is 4. The van der Waals surface area contributed by atoms with Crippen molar-refractivity contribution in [2.24, 2.45) is 0 Å². The minimum Gasteiger partial charge on any atom is -0.393 e. The first-order chi connectivity index (χ1) is 12.1. The lowest BCUT2D eigenvalue weighted by atomic mass is 10.0. The molecule has 6 heteroatoms. The van der Waals surface area contributed by atoms with Crippen LogP contribution in [0.1, 0.15) is 36.8 Å². The van der Waals surface area contributed by atoms with E-state index in [0.717, 1.165) is 61.1 Å². The summed E-state index contributed by atoms with van der Waals surface area (Å²) < 4.78 is 0. The van der Waals surface area contributed by atoms with Gasteiger partial charge in [0.2, 0.25) is 0 Å². The van der Waals surface area contributed by atoms with Crippen molar-refractivity contribution >= 4 is 17.2 Å². The zero-order valence-corrected chi connectivity index (χ0v) is 14.7. The van der Waals surface area contributed by atoms with E-state index in [1.165, 1.54) is 0 Å². The number of hydrogen-bond acceptors (Lipinski definition) is 6.